The molecule has 2 heterocycles. The number of pyridine rings is 1. The first kappa shape index (κ1) is 16.7. The lowest BCUT2D eigenvalue weighted by molar-refractivity contribution is -0.126. The van der Waals surface area contributed by atoms with Gasteiger partial charge >= 0.3 is 0 Å². The number of amides is 2. The number of hydroxylamine groups is 1. The zero-order valence-corrected chi connectivity index (χ0v) is 14.7. The number of anilines is 1. The molecule has 6 nitrogen and oxygen atoms in total. The fraction of sp³-hybridized carbons (Fsp3) is 0.350. The van der Waals surface area contributed by atoms with Gasteiger partial charge in [0.1, 0.15) is 0 Å². The highest BCUT2D eigenvalue weighted by Crippen LogP contribution is 2.45. The Balaban J connectivity index is 1.60. The number of aromatic nitrogens is 1. The average Bonchev–Trinajstić information content (AvgIpc) is 2.96. The molecule has 1 fully saturated rings. The van der Waals surface area contributed by atoms with Crippen molar-refractivity contribution in [2.45, 2.75) is 32.6 Å². The molecule has 26 heavy (non-hydrogen) atoms. The third kappa shape index (κ3) is 2.66. The first-order valence-corrected chi connectivity index (χ1v) is 8.82. The Morgan fingerprint density at radius 3 is 2.85 bits per heavy atom. The van der Waals surface area contributed by atoms with E-state index in [0.717, 1.165) is 41.6 Å². The van der Waals surface area contributed by atoms with Crippen LogP contribution in [0.15, 0.2) is 36.7 Å². The minimum Gasteiger partial charge on any atom is -0.310 e. The molecule has 2 N–H and O–H groups in total. The summed E-state index contributed by atoms with van der Waals surface area (Å²) in [5, 5.41) is 8.80. The second-order valence-electron chi connectivity index (χ2n) is 7.31. The minimum atomic E-state index is -0.511. The smallest absolute Gasteiger partial charge is 0.274 e. The fourth-order valence-corrected chi connectivity index (χ4v) is 4.21. The zero-order chi connectivity index (χ0) is 18.3. The Hall–Kier alpha value is -2.73. The van der Waals surface area contributed by atoms with Crippen molar-refractivity contribution in [3.63, 3.8) is 0 Å². The number of rotatable bonds is 2. The molecule has 2 aromatic rings. The van der Waals surface area contributed by atoms with Crippen molar-refractivity contribution >= 4 is 17.5 Å². The lowest BCUT2D eigenvalue weighted by atomic mass is 9.70. The predicted octanol–water partition coefficient (Wildman–Crippen LogP) is 2.42. The molecule has 1 aromatic carbocycles. The van der Waals surface area contributed by atoms with E-state index in [-0.39, 0.29) is 11.3 Å². The maximum absolute atomic E-state index is 13.2. The van der Waals surface area contributed by atoms with Gasteiger partial charge in [-0.25, -0.2) is 5.48 Å². The Morgan fingerprint density at radius 2 is 2.08 bits per heavy atom. The second-order valence-corrected chi connectivity index (χ2v) is 7.31. The van der Waals surface area contributed by atoms with Gasteiger partial charge in [-0.15, -0.1) is 0 Å². The summed E-state index contributed by atoms with van der Waals surface area (Å²) in [7, 11) is 0. The van der Waals surface area contributed by atoms with Crippen molar-refractivity contribution in [3.8, 4) is 0 Å². The molecule has 6 heteroatoms. The van der Waals surface area contributed by atoms with E-state index in [1.165, 1.54) is 0 Å². The molecule has 134 valence electrons. The van der Waals surface area contributed by atoms with E-state index >= 15 is 0 Å². The molecule has 2 amide bonds. The van der Waals surface area contributed by atoms with Crippen molar-refractivity contribution < 1.29 is 14.8 Å². The number of aryl methyl sites for hydroxylation is 2. The molecule has 1 aliphatic carbocycles. The Bertz CT molecular complexity index is 896. The van der Waals surface area contributed by atoms with Gasteiger partial charge in [0.2, 0.25) is 5.91 Å². The number of carbonyl (C=O) groups excluding carboxylic acids is 2. The molecule has 1 aromatic heterocycles. The molecule has 4 rings (SSSR count). The summed E-state index contributed by atoms with van der Waals surface area (Å²) in [4.78, 5) is 30.9. The van der Waals surface area contributed by atoms with Crippen LogP contribution in [0.4, 0.5) is 5.69 Å². The molecule has 0 saturated carbocycles. The molecule has 1 saturated heterocycles. The summed E-state index contributed by atoms with van der Waals surface area (Å²) in [6.07, 6.45) is 6.60. The molecule has 1 atom stereocenters. The van der Waals surface area contributed by atoms with E-state index in [9.17, 15) is 9.59 Å². The Labute approximate surface area is 151 Å². The molecule has 0 bridgehead atoms. The van der Waals surface area contributed by atoms with Crippen molar-refractivity contribution in [3.05, 3.63) is 58.9 Å². The maximum Gasteiger partial charge on any atom is 0.274 e. The summed E-state index contributed by atoms with van der Waals surface area (Å²) in [5.41, 5.74) is 5.85. The molecule has 2 aliphatic rings. The third-order valence-electron chi connectivity index (χ3n) is 5.66. The maximum atomic E-state index is 13.2. The standard InChI is InChI=1S/C20H21N3O3/c1-13-8-17(12-21-11-13)23-7-6-20(19(23)25)5-4-14-9-15(18(24)22-26)2-3-16(14)10-20/h2-3,8-9,11-12,26H,4-7,10H2,1H3,(H,22,24). The SMILES string of the molecule is Cc1cncc(N2CCC3(CCc4cc(C(=O)NO)ccc4C3)C2=O)c1. The fourth-order valence-electron chi connectivity index (χ4n) is 4.21. The van der Waals surface area contributed by atoms with Crippen LogP contribution in [0, 0.1) is 12.3 Å². The largest absolute Gasteiger partial charge is 0.310 e. The first-order chi connectivity index (χ1) is 12.5. The number of nitrogens with one attached hydrogen (secondary N) is 1. The van der Waals surface area contributed by atoms with Gasteiger partial charge in [0.15, 0.2) is 0 Å². The van der Waals surface area contributed by atoms with Crippen molar-refractivity contribution in [1.29, 1.82) is 0 Å². The summed E-state index contributed by atoms with van der Waals surface area (Å²) in [6.45, 7) is 2.69. The molecule has 1 spiro atoms. The van der Waals surface area contributed by atoms with Gasteiger partial charge in [0.05, 0.1) is 17.3 Å². The summed E-state index contributed by atoms with van der Waals surface area (Å²) in [5.74, 6) is -0.337. The quantitative estimate of drug-likeness (QED) is 0.643. The number of hydrogen-bond acceptors (Lipinski definition) is 4. The van der Waals surface area contributed by atoms with E-state index < -0.39 is 5.91 Å². The lowest BCUT2D eigenvalue weighted by Crippen LogP contribution is -2.39. The van der Waals surface area contributed by atoms with Gasteiger partial charge in [-0.2, -0.15) is 0 Å². The van der Waals surface area contributed by atoms with Gasteiger partial charge in [-0.3, -0.25) is 19.8 Å². The number of benzene rings is 1. The van der Waals surface area contributed by atoms with Crippen LogP contribution >= 0.6 is 0 Å². The van der Waals surface area contributed by atoms with E-state index in [1.54, 1.807) is 23.9 Å². The van der Waals surface area contributed by atoms with Crippen LogP contribution in [0.1, 0.15) is 39.9 Å². The van der Waals surface area contributed by atoms with Crippen LogP contribution in [0.5, 0.6) is 0 Å². The highest BCUT2D eigenvalue weighted by atomic mass is 16.5. The second kappa shape index (κ2) is 6.21. The van der Waals surface area contributed by atoms with Gasteiger partial charge in [0, 0.05) is 18.3 Å². The molecular weight excluding hydrogens is 330 g/mol. The van der Waals surface area contributed by atoms with Crippen LogP contribution < -0.4 is 10.4 Å². The summed E-state index contributed by atoms with van der Waals surface area (Å²) in [6, 6.07) is 7.42. The molecule has 1 aliphatic heterocycles. The number of nitrogens with zero attached hydrogens (tertiary/aromatic N) is 2. The van der Waals surface area contributed by atoms with E-state index in [1.807, 2.05) is 30.0 Å². The van der Waals surface area contributed by atoms with E-state index in [2.05, 4.69) is 4.98 Å². The predicted molar refractivity (Wildman–Crippen MR) is 96.1 cm³/mol. The number of hydrogen-bond donors (Lipinski definition) is 2. The van der Waals surface area contributed by atoms with Gasteiger partial charge in [-0.05, 0) is 67.5 Å². The van der Waals surface area contributed by atoms with Crippen LogP contribution in [0.2, 0.25) is 0 Å². The van der Waals surface area contributed by atoms with E-state index in [0.29, 0.717) is 18.5 Å². The van der Waals surface area contributed by atoms with Crippen molar-refractivity contribution in [2.24, 2.45) is 5.41 Å². The van der Waals surface area contributed by atoms with Crippen LogP contribution in [0.25, 0.3) is 0 Å². The average molecular weight is 351 g/mol. The van der Waals surface area contributed by atoms with Crippen LogP contribution in [-0.2, 0) is 17.6 Å². The summed E-state index contributed by atoms with van der Waals surface area (Å²) >= 11 is 0. The third-order valence-corrected chi connectivity index (χ3v) is 5.66. The zero-order valence-electron chi connectivity index (χ0n) is 14.7. The van der Waals surface area contributed by atoms with Gasteiger partial charge in [-0.1, -0.05) is 6.07 Å². The molecule has 1 unspecified atom stereocenters. The van der Waals surface area contributed by atoms with Crippen LogP contribution in [0.3, 0.4) is 0 Å². The highest BCUT2D eigenvalue weighted by Gasteiger charge is 2.48. The number of carbonyl (C=O) groups is 2. The van der Waals surface area contributed by atoms with Crippen LogP contribution in [-0.4, -0.2) is 28.6 Å². The van der Waals surface area contributed by atoms with Crippen molar-refractivity contribution in [2.75, 3.05) is 11.4 Å². The normalized spacial score (nSPS) is 21.8. The highest BCUT2D eigenvalue weighted by molar-refractivity contribution is 6.00. The Morgan fingerprint density at radius 1 is 1.23 bits per heavy atom. The van der Waals surface area contributed by atoms with Crippen molar-refractivity contribution in [1.82, 2.24) is 10.5 Å². The van der Waals surface area contributed by atoms with Gasteiger partial charge < -0.3 is 4.90 Å². The number of fused-ring (bicyclic) bond motifs is 1. The molecule has 0 radical (unpaired) electrons. The first-order valence-electron chi connectivity index (χ1n) is 8.82. The Kier molecular flexibility index (Phi) is 4.00. The van der Waals surface area contributed by atoms with Gasteiger partial charge in [0.25, 0.3) is 5.91 Å². The van der Waals surface area contributed by atoms with E-state index in [4.69, 9.17) is 5.21 Å². The lowest BCUT2D eigenvalue weighted by Gasteiger charge is -2.33. The minimum absolute atomic E-state index is 0.174. The topological polar surface area (TPSA) is 82.5 Å². The summed E-state index contributed by atoms with van der Waals surface area (Å²) < 4.78 is 0. The monoisotopic (exact) mass is 351 g/mol. The molecular formula is C20H21N3O3.